The number of ether oxygens (including phenoxy) is 2. The van der Waals surface area contributed by atoms with E-state index in [-0.39, 0.29) is 17.9 Å². The molecule has 0 spiro atoms. The van der Waals surface area contributed by atoms with Crippen molar-refractivity contribution in [1.29, 1.82) is 0 Å². The Morgan fingerprint density at radius 3 is 2.19 bits per heavy atom. The van der Waals surface area contributed by atoms with Gasteiger partial charge in [-0.3, -0.25) is 4.79 Å². The van der Waals surface area contributed by atoms with E-state index in [1.54, 1.807) is 21.0 Å². The van der Waals surface area contributed by atoms with Crippen molar-refractivity contribution in [3.8, 4) is 5.75 Å². The Balaban J connectivity index is 1.52. The summed E-state index contributed by atoms with van der Waals surface area (Å²) in [6, 6.07) is 13.2. The highest BCUT2D eigenvalue weighted by Crippen LogP contribution is 2.36. The SMILES string of the molecule is CCc1ccc(OC)c(NC(=O)Nc2ccc([C@H]3CC[C@H](C(=O)NC(C)(C)C(=O)OC)CC3)cc2)c1. The average molecular weight is 496 g/mol. The van der Waals surface area contributed by atoms with Gasteiger partial charge in [-0.1, -0.05) is 25.1 Å². The normalized spacial score (nSPS) is 17.6. The van der Waals surface area contributed by atoms with Crippen molar-refractivity contribution >= 4 is 29.3 Å². The van der Waals surface area contributed by atoms with E-state index < -0.39 is 11.5 Å². The van der Waals surface area contributed by atoms with Gasteiger partial charge in [-0.15, -0.1) is 0 Å². The molecule has 3 N–H and O–H groups in total. The van der Waals surface area contributed by atoms with Crippen molar-refractivity contribution in [3.05, 3.63) is 53.6 Å². The Morgan fingerprint density at radius 1 is 0.944 bits per heavy atom. The first-order valence-electron chi connectivity index (χ1n) is 12.4. The van der Waals surface area contributed by atoms with Crippen LogP contribution >= 0.6 is 0 Å². The second-order valence-corrected chi connectivity index (χ2v) is 9.74. The molecule has 8 nitrogen and oxygen atoms in total. The van der Waals surface area contributed by atoms with Crippen molar-refractivity contribution in [2.75, 3.05) is 24.9 Å². The van der Waals surface area contributed by atoms with E-state index >= 15 is 0 Å². The average Bonchev–Trinajstić information content (AvgIpc) is 2.88. The van der Waals surface area contributed by atoms with Gasteiger partial charge in [0.2, 0.25) is 5.91 Å². The molecule has 8 heteroatoms. The number of nitrogens with one attached hydrogen (secondary N) is 3. The van der Waals surface area contributed by atoms with Crippen LogP contribution in [0.4, 0.5) is 16.2 Å². The van der Waals surface area contributed by atoms with Crippen LogP contribution in [0.3, 0.4) is 0 Å². The molecule has 194 valence electrons. The fourth-order valence-corrected chi connectivity index (χ4v) is 4.60. The molecule has 3 rings (SSSR count). The summed E-state index contributed by atoms with van der Waals surface area (Å²) in [5, 5.41) is 8.55. The summed E-state index contributed by atoms with van der Waals surface area (Å²) < 4.78 is 10.1. The Hall–Kier alpha value is -3.55. The summed E-state index contributed by atoms with van der Waals surface area (Å²) in [7, 11) is 2.89. The van der Waals surface area contributed by atoms with Gasteiger partial charge in [-0.2, -0.15) is 0 Å². The Labute approximate surface area is 213 Å². The van der Waals surface area contributed by atoms with Gasteiger partial charge in [-0.05, 0) is 87.3 Å². The molecule has 0 aliphatic heterocycles. The van der Waals surface area contributed by atoms with Gasteiger partial charge >= 0.3 is 12.0 Å². The zero-order valence-electron chi connectivity index (χ0n) is 21.8. The molecule has 0 unspecified atom stereocenters. The smallest absolute Gasteiger partial charge is 0.330 e. The van der Waals surface area contributed by atoms with E-state index in [0.29, 0.717) is 23.0 Å². The number of carbonyl (C=O) groups excluding carboxylic acids is 3. The van der Waals surface area contributed by atoms with E-state index in [9.17, 15) is 14.4 Å². The number of hydrogen-bond donors (Lipinski definition) is 3. The molecule has 36 heavy (non-hydrogen) atoms. The molecule has 0 heterocycles. The fourth-order valence-electron chi connectivity index (χ4n) is 4.60. The lowest BCUT2D eigenvalue weighted by Gasteiger charge is -2.31. The van der Waals surface area contributed by atoms with Gasteiger partial charge in [-0.25, -0.2) is 9.59 Å². The highest BCUT2D eigenvalue weighted by molar-refractivity contribution is 6.00. The summed E-state index contributed by atoms with van der Waals surface area (Å²) >= 11 is 0. The molecule has 1 aliphatic rings. The van der Waals surface area contributed by atoms with Crippen LogP contribution in [0.2, 0.25) is 0 Å². The molecule has 2 aromatic rings. The Kier molecular flexibility index (Phi) is 8.96. The molecule has 1 aliphatic carbocycles. The van der Waals surface area contributed by atoms with Gasteiger partial charge < -0.3 is 25.4 Å². The predicted octanol–water partition coefficient (Wildman–Crippen LogP) is 5.24. The van der Waals surface area contributed by atoms with Crippen molar-refractivity contribution in [2.24, 2.45) is 5.92 Å². The maximum atomic E-state index is 12.7. The van der Waals surface area contributed by atoms with Crippen molar-refractivity contribution in [3.63, 3.8) is 0 Å². The van der Waals surface area contributed by atoms with Crippen LogP contribution in [-0.2, 0) is 20.7 Å². The monoisotopic (exact) mass is 495 g/mol. The standard InChI is InChI=1S/C28H37N3O5/c1-6-18-7-16-24(35-4)23(17-18)30-27(34)29-22-14-12-20(13-15-22)19-8-10-21(11-9-19)25(32)31-28(2,3)26(33)36-5/h7,12-17,19,21H,6,8-11H2,1-5H3,(H,31,32)(H2,29,30,34)/t19-,21-. The molecule has 0 saturated heterocycles. The minimum atomic E-state index is -1.04. The summed E-state index contributed by atoms with van der Waals surface area (Å²) in [4.78, 5) is 37.1. The van der Waals surface area contributed by atoms with E-state index in [2.05, 4.69) is 22.9 Å². The van der Waals surface area contributed by atoms with E-state index in [0.717, 1.165) is 37.7 Å². The third-order valence-corrected chi connectivity index (χ3v) is 6.79. The number of hydrogen-bond acceptors (Lipinski definition) is 5. The van der Waals surface area contributed by atoms with Gasteiger partial charge in [0.15, 0.2) is 0 Å². The number of aryl methyl sites for hydroxylation is 1. The lowest BCUT2D eigenvalue weighted by atomic mass is 9.78. The third kappa shape index (κ3) is 6.77. The Bertz CT molecular complexity index is 1070. The van der Waals surface area contributed by atoms with Crippen LogP contribution in [0.15, 0.2) is 42.5 Å². The van der Waals surface area contributed by atoms with Gasteiger partial charge in [0, 0.05) is 11.6 Å². The molecule has 0 atom stereocenters. The number of benzene rings is 2. The van der Waals surface area contributed by atoms with Crippen LogP contribution in [0.5, 0.6) is 5.75 Å². The highest BCUT2D eigenvalue weighted by atomic mass is 16.5. The maximum absolute atomic E-state index is 12.7. The van der Waals surface area contributed by atoms with E-state index in [4.69, 9.17) is 9.47 Å². The van der Waals surface area contributed by atoms with Gasteiger partial charge in [0.25, 0.3) is 0 Å². The predicted molar refractivity (Wildman–Crippen MR) is 140 cm³/mol. The lowest BCUT2D eigenvalue weighted by molar-refractivity contribution is -0.150. The van der Waals surface area contributed by atoms with Crippen molar-refractivity contribution < 1.29 is 23.9 Å². The summed E-state index contributed by atoms with van der Waals surface area (Å²) in [5.41, 5.74) is 2.57. The topological polar surface area (TPSA) is 106 Å². The molecular formula is C28H37N3O5. The number of carbonyl (C=O) groups is 3. The van der Waals surface area contributed by atoms with E-state index in [1.165, 1.54) is 12.7 Å². The molecular weight excluding hydrogens is 458 g/mol. The molecule has 2 aromatic carbocycles. The quantitative estimate of drug-likeness (QED) is 0.434. The highest BCUT2D eigenvalue weighted by Gasteiger charge is 2.34. The molecule has 3 amide bonds. The number of anilines is 2. The van der Waals surface area contributed by atoms with Crippen LogP contribution in [0.1, 0.15) is 63.5 Å². The molecule has 1 fully saturated rings. The second kappa shape index (κ2) is 11.9. The first kappa shape index (κ1) is 27.0. The zero-order chi connectivity index (χ0) is 26.3. The van der Waals surface area contributed by atoms with Gasteiger partial charge in [0.1, 0.15) is 11.3 Å². The zero-order valence-corrected chi connectivity index (χ0v) is 21.8. The number of amides is 3. The third-order valence-electron chi connectivity index (χ3n) is 6.79. The summed E-state index contributed by atoms with van der Waals surface area (Å²) in [5.74, 6) is 0.288. The second-order valence-electron chi connectivity index (χ2n) is 9.74. The molecule has 0 aromatic heterocycles. The van der Waals surface area contributed by atoms with Gasteiger partial charge in [0.05, 0.1) is 19.9 Å². The number of rotatable bonds is 8. The number of esters is 1. The molecule has 0 bridgehead atoms. The fraction of sp³-hybridized carbons (Fsp3) is 0.464. The van der Waals surface area contributed by atoms with Crippen LogP contribution in [0, 0.1) is 5.92 Å². The maximum Gasteiger partial charge on any atom is 0.330 e. The first-order chi connectivity index (χ1) is 17.2. The number of methoxy groups -OCH3 is 2. The van der Waals surface area contributed by atoms with Crippen molar-refractivity contribution in [2.45, 2.75) is 64.3 Å². The van der Waals surface area contributed by atoms with Crippen LogP contribution in [0.25, 0.3) is 0 Å². The molecule has 0 radical (unpaired) electrons. The van der Waals surface area contributed by atoms with Crippen LogP contribution < -0.4 is 20.7 Å². The number of urea groups is 1. The molecule has 1 saturated carbocycles. The first-order valence-corrected chi connectivity index (χ1v) is 12.4. The largest absolute Gasteiger partial charge is 0.495 e. The minimum Gasteiger partial charge on any atom is -0.495 e. The van der Waals surface area contributed by atoms with E-state index in [1.807, 2.05) is 42.5 Å². The summed E-state index contributed by atoms with van der Waals surface area (Å²) in [6.07, 6.45) is 4.15. The van der Waals surface area contributed by atoms with Crippen molar-refractivity contribution in [1.82, 2.24) is 5.32 Å². The lowest BCUT2D eigenvalue weighted by Crippen LogP contribution is -2.52. The summed E-state index contributed by atoms with van der Waals surface area (Å²) in [6.45, 7) is 5.36. The Morgan fingerprint density at radius 2 is 1.61 bits per heavy atom. The minimum absolute atomic E-state index is 0.101. The van der Waals surface area contributed by atoms with Crippen LogP contribution in [-0.4, -0.2) is 37.7 Å².